The first-order chi connectivity index (χ1) is 7.54. The lowest BCUT2D eigenvalue weighted by atomic mass is 10.1. The molecule has 0 saturated carbocycles. The van der Waals surface area contributed by atoms with Crippen LogP contribution in [0.2, 0.25) is 10.0 Å². The molecule has 0 amide bonds. The van der Waals surface area contributed by atoms with Crippen LogP contribution in [0.1, 0.15) is 16.1 Å². The van der Waals surface area contributed by atoms with Crippen molar-refractivity contribution in [2.75, 3.05) is 7.11 Å². The number of hydrogen-bond acceptors (Lipinski definition) is 2. The number of aromatic nitrogens is 1. The lowest BCUT2D eigenvalue weighted by molar-refractivity contribution is 0.0594. The Morgan fingerprint density at radius 2 is 2.06 bits per heavy atom. The highest BCUT2D eigenvalue weighted by Gasteiger charge is 2.17. The molecule has 0 aliphatic rings. The summed E-state index contributed by atoms with van der Waals surface area (Å²) >= 11 is 12.0. The van der Waals surface area contributed by atoms with Crippen LogP contribution in [0, 0.1) is 6.92 Å². The maximum Gasteiger partial charge on any atom is 0.354 e. The highest BCUT2D eigenvalue weighted by atomic mass is 35.5. The molecule has 0 aliphatic carbocycles. The number of nitrogens with one attached hydrogen (secondary N) is 1. The summed E-state index contributed by atoms with van der Waals surface area (Å²) < 4.78 is 4.67. The van der Waals surface area contributed by atoms with Gasteiger partial charge in [0.1, 0.15) is 5.69 Å². The molecule has 0 saturated heterocycles. The summed E-state index contributed by atoms with van der Waals surface area (Å²) in [5.41, 5.74) is 1.90. The van der Waals surface area contributed by atoms with E-state index in [0.717, 1.165) is 16.5 Å². The van der Waals surface area contributed by atoms with Crippen molar-refractivity contribution < 1.29 is 9.53 Å². The summed E-state index contributed by atoms with van der Waals surface area (Å²) in [6.07, 6.45) is 0. The van der Waals surface area contributed by atoms with Gasteiger partial charge in [-0.1, -0.05) is 23.2 Å². The number of esters is 1. The van der Waals surface area contributed by atoms with Gasteiger partial charge in [0.05, 0.1) is 12.1 Å². The van der Waals surface area contributed by atoms with Crippen LogP contribution < -0.4 is 0 Å². The van der Waals surface area contributed by atoms with Crippen LogP contribution in [0.3, 0.4) is 0 Å². The van der Waals surface area contributed by atoms with Crippen molar-refractivity contribution in [3.8, 4) is 0 Å². The van der Waals surface area contributed by atoms with E-state index in [0.29, 0.717) is 15.7 Å². The minimum absolute atomic E-state index is 0.404. The molecule has 5 heteroatoms. The van der Waals surface area contributed by atoms with Crippen molar-refractivity contribution in [1.29, 1.82) is 0 Å². The van der Waals surface area contributed by atoms with Crippen molar-refractivity contribution in [3.05, 3.63) is 33.4 Å². The van der Waals surface area contributed by atoms with Gasteiger partial charge in [0, 0.05) is 15.9 Å². The number of aromatic amines is 1. The Kier molecular flexibility index (Phi) is 2.82. The van der Waals surface area contributed by atoms with Gasteiger partial charge in [-0.05, 0) is 24.6 Å². The van der Waals surface area contributed by atoms with Crippen LogP contribution >= 0.6 is 23.2 Å². The predicted molar refractivity (Wildman–Crippen MR) is 64.4 cm³/mol. The van der Waals surface area contributed by atoms with E-state index in [1.165, 1.54) is 7.11 Å². The minimum atomic E-state index is -0.416. The number of halogens is 2. The van der Waals surface area contributed by atoms with Crippen molar-refractivity contribution in [3.63, 3.8) is 0 Å². The van der Waals surface area contributed by atoms with Gasteiger partial charge in [0.2, 0.25) is 0 Å². The molecule has 1 N–H and O–H groups in total. The molecule has 0 spiro atoms. The standard InChI is InChI=1S/C11H9Cl2NO2/c1-5-9-7(13)3-6(12)4-8(9)14-10(5)11(15)16-2/h3-4,14H,1-2H3. The second-order valence-electron chi connectivity index (χ2n) is 3.43. The smallest absolute Gasteiger partial charge is 0.354 e. The number of benzene rings is 1. The molecule has 2 rings (SSSR count). The Hall–Kier alpha value is -1.19. The summed E-state index contributed by atoms with van der Waals surface area (Å²) in [7, 11) is 1.34. The van der Waals surface area contributed by atoms with E-state index in [4.69, 9.17) is 23.2 Å². The van der Waals surface area contributed by atoms with Crippen LogP contribution in [-0.4, -0.2) is 18.1 Å². The molecule has 0 radical (unpaired) electrons. The highest BCUT2D eigenvalue weighted by Crippen LogP contribution is 2.32. The average molecular weight is 258 g/mol. The van der Waals surface area contributed by atoms with E-state index < -0.39 is 5.97 Å². The van der Waals surface area contributed by atoms with Gasteiger partial charge in [0.15, 0.2) is 0 Å². The van der Waals surface area contributed by atoms with Crippen LogP contribution in [0.5, 0.6) is 0 Å². The zero-order chi connectivity index (χ0) is 11.9. The number of H-pyrrole nitrogens is 1. The summed E-state index contributed by atoms with van der Waals surface area (Å²) in [5, 5.41) is 1.84. The molecule has 0 unspecified atom stereocenters. The largest absolute Gasteiger partial charge is 0.464 e. The van der Waals surface area contributed by atoms with Crippen molar-refractivity contribution in [2.45, 2.75) is 6.92 Å². The molecule has 2 aromatic rings. The third-order valence-corrected chi connectivity index (χ3v) is 2.97. The number of ether oxygens (including phenoxy) is 1. The van der Waals surface area contributed by atoms with Crippen LogP contribution in [0.15, 0.2) is 12.1 Å². The fourth-order valence-electron chi connectivity index (χ4n) is 1.71. The summed E-state index contributed by atoms with van der Waals surface area (Å²) in [4.78, 5) is 14.4. The lowest BCUT2D eigenvalue weighted by Gasteiger charge is -1.97. The molecule has 84 valence electrons. The molecule has 16 heavy (non-hydrogen) atoms. The maximum absolute atomic E-state index is 11.5. The quantitative estimate of drug-likeness (QED) is 0.794. The van der Waals surface area contributed by atoms with Gasteiger partial charge in [-0.2, -0.15) is 0 Å². The summed E-state index contributed by atoms with van der Waals surface area (Å²) in [6.45, 7) is 1.81. The average Bonchev–Trinajstić information content (AvgIpc) is 2.54. The number of aryl methyl sites for hydroxylation is 1. The van der Waals surface area contributed by atoms with Crippen LogP contribution in [0.4, 0.5) is 0 Å². The predicted octanol–water partition coefficient (Wildman–Crippen LogP) is 3.57. The first-order valence-corrected chi connectivity index (χ1v) is 5.36. The molecule has 0 aliphatic heterocycles. The molecule has 0 atom stereocenters. The monoisotopic (exact) mass is 257 g/mol. The summed E-state index contributed by atoms with van der Waals surface area (Å²) in [5.74, 6) is -0.416. The van der Waals surface area contributed by atoms with E-state index in [1.54, 1.807) is 12.1 Å². The Morgan fingerprint density at radius 3 is 2.69 bits per heavy atom. The second-order valence-corrected chi connectivity index (χ2v) is 4.27. The number of rotatable bonds is 1. The third kappa shape index (κ3) is 1.66. The van der Waals surface area contributed by atoms with E-state index in [-0.39, 0.29) is 0 Å². The van der Waals surface area contributed by atoms with Gasteiger partial charge < -0.3 is 9.72 Å². The number of methoxy groups -OCH3 is 1. The molecule has 1 aromatic carbocycles. The Bertz CT molecular complexity index is 575. The number of fused-ring (bicyclic) bond motifs is 1. The molecular weight excluding hydrogens is 249 g/mol. The summed E-state index contributed by atoms with van der Waals surface area (Å²) in [6, 6.07) is 3.37. The fourth-order valence-corrected chi connectivity index (χ4v) is 2.35. The van der Waals surface area contributed by atoms with Crippen LogP contribution in [-0.2, 0) is 4.74 Å². The third-order valence-electron chi connectivity index (χ3n) is 2.45. The second kappa shape index (κ2) is 4.00. The van der Waals surface area contributed by atoms with Gasteiger partial charge in [-0.15, -0.1) is 0 Å². The van der Waals surface area contributed by atoms with Crippen LogP contribution in [0.25, 0.3) is 10.9 Å². The first-order valence-electron chi connectivity index (χ1n) is 4.60. The Labute approximate surface area is 102 Å². The SMILES string of the molecule is COC(=O)c1[nH]c2cc(Cl)cc(Cl)c2c1C. The van der Waals surface area contributed by atoms with Crippen molar-refractivity contribution in [2.24, 2.45) is 0 Å². The van der Waals surface area contributed by atoms with Gasteiger partial charge in [0.25, 0.3) is 0 Å². The normalized spacial score (nSPS) is 10.8. The molecule has 1 heterocycles. The number of carbonyl (C=O) groups is 1. The fraction of sp³-hybridized carbons (Fsp3) is 0.182. The zero-order valence-corrected chi connectivity index (χ0v) is 10.2. The van der Waals surface area contributed by atoms with Gasteiger partial charge in [-0.3, -0.25) is 0 Å². The first kappa shape index (κ1) is 11.3. The zero-order valence-electron chi connectivity index (χ0n) is 8.73. The number of hydrogen-bond donors (Lipinski definition) is 1. The van der Waals surface area contributed by atoms with E-state index in [1.807, 2.05) is 6.92 Å². The molecule has 0 bridgehead atoms. The molecular formula is C11H9Cl2NO2. The number of carbonyl (C=O) groups excluding carboxylic acids is 1. The van der Waals surface area contributed by atoms with E-state index in [2.05, 4.69) is 9.72 Å². The van der Waals surface area contributed by atoms with Crippen molar-refractivity contribution in [1.82, 2.24) is 4.98 Å². The van der Waals surface area contributed by atoms with Gasteiger partial charge in [-0.25, -0.2) is 4.79 Å². The molecule has 0 fully saturated rings. The molecule has 3 nitrogen and oxygen atoms in total. The van der Waals surface area contributed by atoms with Gasteiger partial charge >= 0.3 is 5.97 Å². The van der Waals surface area contributed by atoms with Crippen molar-refractivity contribution >= 4 is 40.1 Å². The topological polar surface area (TPSA) is 42.1 Å². The molecule has 1 aromatic heterocycles. The Morgan fingerprint density at radius 1 is 1.38 bits per heavy atom. The highest BCUT2D eigenvalue weighted by molar-refractivity contribution is 6.39. The van der Waals surface area contributed by atoms with E-state index >= 15 is 0 Å². The lowest BCUT2D eigenvalue weighted by Crippen LogP contribution is -2.02. The van der Waals surface area contributed by atoms with E-state index in [9.17, 15) is 4.79 Å². The Balaban J connectivity index is 2.78. The maximum atomic E-state index is 11.5. The minimum Gasteiger partial charge on any atom is -0.464 e.